The number of thiocarbonyl (C=S) groups is 1. The predicted octanol–water partition coefficient (Wildman–Crippen LogP) is 0.919. The largest absolute Gasteiger partial charge is 0.392 e. The summed E-state index contributed by atoms with van der Waals surface area (Å²) in [6.07, 6.45) is 1.64. The highest BCUT2D eigenvalue weighted by Gasteiger charge is 2.54. The van der Waals surface area contributed by atoms with Crippen LogP contribution in [-0.2, 0) is 4.79 Å². The molecule has 1 saturated carbocycles. The van der Waals surface area contributed by atoms with Crippen molar-refractivity contribution in [1.82, 2.24) is 4.90 Å². The Morgan fingerprint density at radius 2 is 2.00 bits per heavy atom. The zero-order valence-electron chi connectivity index (χ0n) is 8.33. The Labute approximate surface area is 84.3 Å². The van der Waals surface area contributed by atoms with Gasteiger partial charge in [0.25, 0.3) is 0 Å². The smallest absolute Gasteiger partial charge is 0.235 e. The second-order valence-electron chi connectivity index (χ2n) is 3.96. The molecule has 0 aromatic carbocycles. The van der Waals surface area contributed by atoms with Gasteiger partial charge in [0.15, 0.2) is 0 Å². The molecule has 1 aliphatic rings. The van der Waals surface area contributed by atoms with Crippen LogP contribution in [0.1, 0.15) is 26.7 Å². The van der Waals surface area contributed by atoms with Crippen LogP contribution in [0.15, 0.2) is 0 Å². The molecule has 0 atom stereocenters. The number of rotatable bonds is 3. The van der Waals surface area contributed by atoms with Crippen molar-refractivity contribution >= 4 is 23.1 Å². The van der Waals surface area contributed by atoms with Crippen LogP contribution in [0.3, 0.4) is 0 Å². The highest BCUT2D eigenvalue weighted by Crippen LogP contribution is 2.47. The molecule has 0 radical (unpaired) electrons. The first kappa shape index (κ1) is 10.4. The van der Waals surface area contributed by atoms with Gasteiger partial charge in [-0.25, -0.2) is 0 Å². The van der Waals surface area contributed by atoms with Gasteiger partial charge in [0.1, 0.15) is 0 Å². The normalized spacial score (nSPS) is 18.5. The molecule has 1 fully saturated rings. The first-order valence-corrected chi connectivity index (χ1v) is 4.90. The van der Waals surface area contributed by atoms with E-state index in [-0.39, 0.29) is 11.9 Å². The Morgan fingerprint density at radius 1 is 1.54 bits per heavy atom. The van der Waals surface area contributed by atoms with Crippen LogP contribution in [0.2, 0.25) is 0 Å². The van der Waals surface area contributed by atoms with Crippen LogP contribution in [0.25, 0.3) is 0 Å². The van der Waals surface area contributed by atoms with Crippen LogP contribution in [0, 0.1) is 5.41 Å². The van der Waals surface area contributed by atoms with Crippen molar-refractivity contribution in [3.05, 3.63) is 0 Å². The number of carbonyl (C=O) groups is 1. The lowest BCUT2D eigenvalue weighted by molar-refractivity contribution is -0.134. The molecule has 0 aromatic rings. The summed E-state index contributed by atoms with van der Waals surface area (Å²) in [7, 11) is 1.80. The summed E-state index contributed by atoms with van der Waals surface area (Å²) in [6, 6.07) is 0.208. The SMILES string of the molecule is CC(C)N(C)C(=O)C1(C(N)=S)CC1. The monoisotopic (exact) mass is 200 g/mol. The third kappa shape index (κ3) is 1.68. The molecule has 13 heavy (non-hydrogen) atoms. The fourth-order valence-corrected chi connectivity index (χ4v) is 1.55. The molecule has 0 aliphatic heterocycles. The zero-order valence-corrected chi connectivity index (χ0v) is 9.15. The molecule has 0 spiro atoms. The van der Waals surface area contributed by atoms with Gasteiger partial charge in [-0.3, -0.25) is 4.79 Å². The van der Waals surface area contributed by atoms with Gasteiger partial charge >= 0.3 is 0 Å². The van der Waals surface area contributed by atoms with Gasteiger partial charge in [-0.2, -0.15) is 0 Å². The number of amides is 1. The first-order valence-electron chi connectivity index (χ1n) is 4.49. The maximum atomic E-state index is 11.9. The van der Waals surface area contributed by atoms with Crippen LogP contribution in [0.4, 0.5) is 0 Å². The molecule has 1 rings (SSSR count). The Hall–Kier alpha value is -0.640. The van der Waals surface area contributed by atoms with Crippen LogP contribution >= 0.6 is 12.2 Å². The van der Waals surface area contributed by atoms with E-state index in [0.29, 0.717) is 4.99 Å². The van der Waals surface area contributed by atoms with E-state index in [1.54, 1.807) is 11.9 Å². The average molecular weight is 200 g/mol. The van der Waals surface area contributed by atoms with Crippen molar-refractivity contribution in [2.45, 2.75) is 32.7 Å². The lowest BCUT2D eigenvalue weighted by atomic mass is 10.1. The fraction of sp³-hybridized carbons (Fsp3) is 0.778. The summed E-state index contributed by atoms with van der Waals surface area (Å²) >= 11 is 4.91. The molecule has 1 aliphatic carbocycles. The lowest BCUT2D eigenvalue weighted by Crippen LogP contribution is -2.43. The zero-order chi connectivity index (χ0) is 10.2. The van der Waals surface area contributed by atoms with E-state index in [1.807, 2.05) is 13.8 Å². The molecule has 0 saturated heterocycles. The van der Waals surface area contributed by atoms with E-state index in [9.17, 15) is 4.79 Å². The standard InChI is InChI=1S/C9H16N2OS/c1-6(2)11(3)8(12)9(4-5-9)7(10)13/h6H,4-5H2,1-3H3,(H2,10,13). The van der Waals surface area contributed by atoms with Crippen molar-refractivity contribution in [3.8, 4) is 0 Å². The molecule has 0 aromatic heterocycles. The molecule has 3 nitrogen and oxygen atoms in total. The van der Waals surface area contributed by atoms with E-state index >= 15 is 0 Å². The van der Waals surface area contributed by atoms with Crippen molar-refractivity contribution in [2.24, 2.45) is 11.1 Å². The van der Waals surface area contributed by atoms with E-state index in [4.69, 9.17) is 18.0 Å². The number of nitrogens with two attached hydrogens (primary N) is 1. The van der Waals surface area contributed by atoms with E-state index in [1.165, 1.54) is 0 Å². The fourth-order valence-electron chi connectivity index (χ4n) is 1.26. The van der Waals surface area contributed by atoms with Crippen LogP contribution < -0.4 is 5.73 Å². The lowest BCUT2D eigenvalue weighted by Gasteiger charge is -2.26. The van der Waals surface area contributed by atoms with Gasteiger partial charge in [-0.1, -0.05) is 12.2 Å². The van der Waals surface area contributed by atoms with Crippen molar-refractivity contribution in [1.29, 1.82) is 0 Å². The minimum atomic E-state index is -0.492. The summed E-state index contributed by atoms with van der Waals surface area (Å²) in [5, 5.41) is 0. The first-order chi connectivity index (χ1) is 5.92. The number of carbonyl (C=O) groups excluding carboxylic acids is 1. The highest BCUT2D eigenvalue weighted by atomic mass is 32.1. The Kier molecular flexibility index (Phi) is 2.61. The Balaban J connectivity index is 2.73. The van der Waals surface area contributed by atoms with Gasteiger partial charge in [0, 0.05) is 13.1 Å². The molecule has 74 valence electrons. The van der Waals surface area contributed by atoms with Gasteiger partial charge in [0.05, 0.1) is 10.4 Å². The van der Waals surface area contributed by atoms with Crippen molar-refractivity contribution in [3.63, 3.8) is 0 Å². The summed E-state index contributed by atoms with van der Waals surface area (Å²) in [4.78, 5) is 13.9. The molecular weight excluding hydrogens is 184 g/mol. The van der Waals surface area contributed by atoms with Crippen LogP contribution in [0.5, 0.6) is 0 Å². The maximum Gasteiger partial charge on any atom is 0.235 e. The summed E-state index contributed by atoms with van der Waals surface area (Å²) < 4.78 is 0. The number of hydrogen-bond acceptors (Lipinski definition) is 2. The van der Waals surface area contributed by atoms with Crippen LogP contribution in [-0.4, -0.2) is 28.9 Å². The second-order valence-corrected chi connectivity index (χ2v) is 4.40. The summed E-state index contributed by atoms with van der Waals surface area (Å²) in [6.45, 7) is 3.96. The number of nitrogens with zero attached hydrogens (tertiary/aromatic N) is 1. The van der Waals surface area contributed by atoms with E-state index < -0.39 is 5.41 Å². The molecule has 0 unspecified atom stereocenters. The molecular formula is C9H16N2OS. The maximum absolute atomic E-state index is 11.9. The molecule has 1 amide bonds. The molecule has 4 heteroatoms. The van der Waals surface area contributed by atoms with Gasteiger partial charge in [-0.05, 0) is 26.7 Å². The second kappa shape index (κ2) is 3.25. The highest BCUT2D eigenvalue weighted by molar-refractivity contribution is 7.80. The summed E-state index contributed by atoms with van der Waals surface area (Å²) in [5.41, 5.74) is 5.06. The van der Waals surface area contributed by atoms with E-state index in [2.05, 4.69) is 0 Å². The third-order valence-electron chi connectivity index (χ3n) is 2.73. The molecule has 0 bridgehead atoms. The van der Waals surface area contributed by atoms with Gasteiger partial charge < -0.3 is 10.6 Å². The number of hydrogen-bond donors (Lipinski definition) is 1. The topological polar surface area (TPSA) is 46.3 Å². The molecule has 2 N–H and O–H groups in total. The Morgan fingerprint density at radius 3 is 2.23 bits per heavy atom. The molecule has 0 heterocycles. The average Bonchev–Trinajstić information content (AvgIpc) is 2.81. The van der Waals surface area contributed by atoms with Crippen molar-refractivity contribution < 1.29 is 4.79 Å². The van der Waals surface area contributed by atoms with Gasteiger partial charge in [0.2, 0.25) is 5.91 Å². The summed E-state index contributed by atoms with van der Waals surface area (Å²) in [5.74, 6) is 0.0787. The van der Waals surface area contributed by atoms with E-state index in [0.717, 1.165) is 12.8 Å². The van der Waals surface area contributed by atoms with Gasteiger partial charge in [-0.15, -0.1) is 0 Å². The predicted molar refractivity (Wildman–Crippen MR) is 56.4 cm³/mol. The third-order valence-corrected chi connectivity index (χ3v) is 3.12. The van der Waals surface area contributed by atoms with Crippen molar-refractivity contribution in [2.75, 3.05) is 7.05 Å². The minimum Gasteiger partial charge on any atom is -0.392 e. The Bertz CT molecular complexity index is 246. The quantitative estimate of drug-likeness (QED) is 0.689. The minimum absolute atomic E-state index is 0.0787.